The van der Waals surface area contributed by atoms with Gasteiger partial charge in [-0.15, -0.1) is 11.3 Å². The molecule has 1 saturated heterocycles. The SMILES string of the molecule is COCc1nc(OC)c2c(C)c(C(=O)NC(C)c3cc(F)ccc3N3CCN(C)CC3)sc2n1. The molecular formula is C24H30FN5O3S. The molecule has 1 aromatic carbocycles. The first-order valence-corrected chi connectivity index (χ1v) is 12.0. The zero-order valence-electron chi connectivity index (χ0n) is 20.1. The van der Waals surface area contributed by atoms with Crippen molar-refractivity contribution in [2.45, 2.75) is 26.5 Å². The summed E-state index contributed by atoms with van der Waals surface area (Å²) in [6.45, 7) is 7.57. The number of nitrogens with one attached hydrogen (secondary N) is 1. The Labute approximate surface area is 202 Å². The van der Waals surface area contributed by atoms with Crippen LogP contribution < -0.4 is 15.0 Å². The van der Waals surface area contributed by atoms with Gasteiger partial charge in [0.15, 0.2) is 5.82 Å². The fourth-order valence-corrected chi connectivity index (χ4v) is 5.34. The van der Waals surface area contributed by atoms with Crippen molar-refractivity contribution in [3.05, 3.63) is 45.8 Å². The zero-order chi connectivity index (χ0) is 24.4. The number of thiophene rings is 1. The normalized spacial score (nSPS) is 15.5. The number of aryl methyl sites for hydroxylation is 1. The summed E-state index contributed by atoms with van der Waals surface area (Å²) in [5, 5.41) is 3.78. The van der Waals surface area contributed by atoms with Crippen LogP contribution in [-0.4, -0.2) is 68.2 Å². The number of fused-ring (bicyclic) bond motifs is 1. The summed E-state index contributed by atoms with van der Waals surface area (Å²) in [4.78, 5) is 28.0. The number of halogens is 1. The molecule has 0 aliphatic carbocycles. The van der Waals surface area contributed by atoms with Gasteiger partial charge < -0.3 is 24.6 Å². The first kappa shape index (κ1) is 24.3. The van der Waals surface area contributed by atoms with Crippen LogP contribution in [0.25, 0.3) is 10.2 Å². The van der Waals surface area contributed by atoms with Crippen molar-refractivity contribution in [2.24, 2.45) is 0 Å². The average molecular weight is 488 g/mol. The Morgan fingerprint density at radius 2 is 1.97 bits per heavy atom. The number of ether oxygens (including phenoxy) is 2. The summed E-state index contributed by atoms with van der Waals surface area (Å²) in [5.41, 5.74) is 2.47. The van der Waals surface area contributed by atoms with Gasteiger partial charge in [-0.25, -0.2) is 9.37 Å². The van der Waals surface area contributed by atoms with Crippen LogP contribution in [0, 0.1) is 12.7 Å². The van der Waals surface area contributed by atoms with Crippen molar-refractivity contribution in [3.8, 4) is 5.88 Å². The number of nitrogens with zero attached hydrogens (tertiary/aromatic N) is 4. The second-order valence-corrected chi connectivity index (χ2v) is 9.51. The molecule has 0 spiro atoms. The number of methoxy groups -OCH3 is 2. The van der Waals surface area contributed by atoms with Gasteiger partial charge in [0.2, 0.25) is 5.88 Å². The van der Waals surface area contributed by atoms with E-state index in [1.54, 1.807) is 20.3 Å². The third kappa shape index (κ3) is 4.84. The summed E-state index contributed by atoms with van der Waals surface area (Å²) in [6.07, 6.45) is 0. The van der Waals surface area contributed by atoms with Gasteiger partial charge in [-0.1, -0.05) is 0 Å². The second kappa shape index (κ2) is 10.2. The Kier molecular flexibility index (Phi) is 7.30. The monoisotopic (exact) mass is 487 g/mol. The third-order valence-electron chi connectivity index (χ3n) is 6.12. The predicted molar refractivity (Wildman–Crippen MR) is 131 cm³/mol. The van der Waals surface area contributed by atoms with Crippen LogP contribution in [-0.2, 0) is 11.3 Å². The molecule has 1 aliphatic rings. The summed E-state index contributed by atoms with van der Waals surface area (Å²) < 4.78 is 24.8. The number of aromatic nitrogens is 2. The van der Waals surface area contributed by atoms with Crippen molar-refractivity contribution >= 4 is 33.1 Å². The van der Waals surface area contributed by atoms with Gasteiger partial charge in [0.05, 0.1) is 23.4 Å². The smallest absolute Gasteiger partial charge is 0.262 e. The number of carbonyl (C=O) groups excluding carboxylic acids is 1. The van der Waals surface area contributed by atoms with E-state index in [1.807, 2.05) is 13.8 Å². The third-order valence-corrected chi connectivity index (χ3v) is 7.31. The molecule has 8 nitrogen and oxygen atoms in total. The number of piperazine rings is 1. The van der Waals surface area contributed by atoms with E-state index >= 15 is 0 Å². The van der Waals surface area contributed by atoms with E-state index < -0.39 is 0 Å². The number of amides is 1. The number of rotatable bonds is 7. The molecule has 1 fully saturated rings. The van der Waals surface area contributed by atoms with Crippen LogP contribution in [0.2, 0.25) is 0 Å². The van der Waals surface area contributed by atoms with Crippen molar-refractivity contribution in [2.75, 3.05) is 52.3 Å². The molecule has 34 heavy (non-hydrogen) atoms. The van der Waals surface area contributed by atoms with E-state index in [-0.39, 0.29) is 24.4 Å². The first-order valence-electron chi connectivity index (χ1n) is 11.2. The Balaban J connectivity index is 1.62. The number of benzene rings is 1. The molecule has 1 unspecified atom stereocenters. The number of anilines is 1. The van der Waals surface area contributed by atoms with Gasteiger partial charge in [0, 0.05) is 44.5 Å². The van der Waals surface area contributed by atoms with Crippen LogP contribution in [0.4, 0.5) is 10.1 Å². The van der Waals surface area contributed by atoms with Gasteiger partial charge in [-0.2, -0.15) is 4.98 Å². The minimum Gasteiger partial charge on any atom is -0.480 e. The molecule has 4 rings (SSSR count). The molecular weight excluding hydrogens is 457 g/mol. The topological polar surface area (TPSA) is 79.8 Å². The summed E-state index contributed by atoms with van der Waals surface area (Å²) >= 11 is 1.29. The maximum absolute atomic E-state index is 14.2. The fraction of sp³-hybridized carbons (Fsp3) is 0.458. The highest BCUT2D eigenvalue weighted by Gasteiger charge is 2.25. The van der Waals surface area contributed by atoms with E-state index in [1.165, 1.54) is 23.5 Å². The van der Waals surface area contributed by atoms with Gasteiger partial charge in [-0.05, 0) is 44.7 Å². The van der Waals surface area contributed by atoms with Crippen LogP contribution in [0.5, 0.6) is 5.88 Å². The fourth-order valence-electron chi connectivity index (χ4n) is 4.25. The maximum atomic E-state index is 14.2. The molecule has 3 aromatic rings. The standard InChI is InChI=1S/C24H30FN5O3S/c1-14-20-23(33-5)27-19(13-32-4)28-24(20)34-21(14)22(31)26-15(2)17-12-16(25)6-7-18(17)30-10-8-29(3)9-11-30/h6-7,12,15H,8-11,13H2,1-5H3,(H,26,31). The highest BCUT2D eigenvalue weighted by Crippen LogP contribution is 2.36. The maximum Gasteiger partial charge on any atom is 0.262 e. The van der Waals surface area contributed by atoms with Gasteiger partial charge in [0.25, 0.3) is 5.91 Å². The molecule has 182 valence electrons. The lowest BCUT2D eigenvalue weighted by atomic mass is 10.0. The lowest BCUT2D eigenvalue weighted by Crippen LogP contribution is -2.45. The summed E-state index contributed by atoms with van der Waals surface area (Å²) in [6, 6.07) is 4.41. The van der Waals surface area contributed by atoms with Gasteiger partial charge in [-0.3, -0.25) is 4.79 Å². The Hall–Kier alpha value is -2.82. The minimum atomic E-state index is -0.389. The number of carbonyl (C=O) groups is 1. The van der Waals surface area contributed by atoms with Gasteiger partial charge >= 0.3 is 0 Å². The van der Waals surface area contributed by atoms with Crippen LogP contribution in [0.3, 0.4) is 0 Å². The molecule has 3 heterocycles. The molecule has 1 atom stereocenters. The Bertz CT molecular complexity index is 1190. The van der Waals surface area contributed by atoms with Gasteiger partial charge in [0.1, 0.15) is 17.3 Å². The quantitative estimate of drug-likeness (QED) is 0.546. The molecule has 2 aromatic heterocycles. The molecule has 1 aliphatic heterocycles. The second-order valence-electron chi connectivity index (χ2n) is 8.51. The summed E-state index contributed by atoms with van der Waals surface area (Å²) in [7, 11) is 5.21. The summed E-state index contributed by atoms with van der Waals surface area (Å²) in [5.74, 6) is 0.347. The predicted octanol–water partition coefficient (Wildman–Crippen LogP) is 3.54. The zero-order valence-corrected chi connectivity index (χ0v) is 21.0. The van der Waals surface area contributed by atoms with E-state index in [9.17, 15) is 9.18 Å². The van der Waals surface area contributed by atoms with Crippen molar-refractivity contribution in [3.63, 3.8) is 0 Å². The van der Waals surface area contributed by atoms with Crippen LogP contribution >= 0.6 is 11.3 Å². The van der Waals surface area contributed by atoms with E-state index in [0.29, 0.717) is 26.8 Å². The number of hydrogen-bond donors (Lipinski definition) is 1. The van der Waals surface area contributed by atoms with Crippen molar-refractivity contribution in [1.82, 2.24) is 20.2 Å². The Morgan fingerprint density at radius 1 is 1.24 bits per heavy atom. The minimum absolute atomic E-state index is 0.239. The molecule has 0 bridgehead atoms. The van der Waals surface area contributed by atoms with Crippen molar-refractivity contribution < 1.29 is 18.7 Å². The Morgan fingerprint density at radius 3 is 2.65 bits per heavy atom. The lowest BCUT2D eigenvalue weighted by molar-refractivity contribution is 0.0943. The number of hydrogen-bond acceptors (Lipinski definition) is 8. The van der Waals surface area contributed by atoms with E-state index in [2.05, 4.69) is 32.1 Å². The molecule has 0 saturated carbocycles. The molecule has 10 heteroatoms. The van der Waals surface area contributed by atoms with Crippen molar-refractivity contribution in [1.29, 1.82) is 0 Å². The average Bonchev–Trinajstić information content (AvgIpc) is 3.16. The van der Waals surface area contributed by atoms with Crippen LogP contribution in [0.15, 0.2) is 18.2 Å². The van der Waals surface area contributed by atoms with E-state index in [0.717, 1.165) is 43.0 Å². The lowest BCUT2D eigenvalue weighted by Gasteiger charge is -2.36. The van der Waals surface area contributed by atoms with Crippen LogP contribution in [0.1, 0.15) is 39.6 Å². The van der Waals surface area contributed by atoms with E-state index in [4.69, 9.17) is 9.47 Å². The largest absolute Gasteiger partial charge is 0.480 e. The molecule has 0 radical (unpaired) electrons. The number of likely N-dealkylation sites (N-methyl/N-ethyl adjacent to an activating group) is 1. The molecule has 1 amide bonds. The highest BCUT2D eigenvalue weighted by molar-refractivity contribution is 7.20. The molecule has 1 N–H and O–H groups in total. The first-order chi connectivity index (χ1) is 16.3. The highest BCUT2D eigenvalue weighted by atomic mass is 32.1.